The van der Waals surface area contributed by atoms with Crippen molar-refractivity contribution in [3.8, 4) is 0 Å². The van der Waals surface area contributed by atoms with Gasteiger partial charge in [-0.05, 0) is 30.0 Å². The Labute approximate surface area is 116 Å². The molecule has 0 radical (unpaired) electrons. The second-order valence-corrected chi connectivity index (χ2v) is 5.47. The molecule has 0 aromatic heterocycles. The first-order valence-corrected chi connectivity index (χ1v) is 6.63. The van der Waals surface area contributed by atoms with Crippen LogP contribution >= 0.6 is 11.6 Å². The molecule has 0 heterocycles. The summed E-state index contributed by atoms with van der Waals surface area (Å²) in [5, 5.41) is 12.3. The summed E-state index contributed by atoms with van der Waals surface area (Å²) in [4.78, 5) is 22.8. The average Bonchev–Trinajstić information content (AvgIpc) is 3.06. The number of carboxylic acids is 1. The summed E-state index contributed by atoms with van der Waals surface area (Å²) in [6, 6.07) is 6.36. The van der Waals surface area contributed by atoms with Crippen LogP contribution in [0.2, 0.25) is 5.02 Å². The number of halogens is 1. The zero-order valence-corrected chi connectivity index (χ0v) is 11.4. The number of carbonyl (C=O) groups is 2. The number of hydrogen-bond acceptors (Lipinski definition) is 2. The molecule has 19 heavy (non-hydrogen) atoms. The van der Waals surface area contributed by atoms with E-state index in [1.54, 1.807) is 24.3 Å². The minimum Gasteiger partial charge on any atom is -0.481 e. The lowest BCUT2D eigenvalue weighted by atomic mass is 10.0. The molecule has 1 fully saturated rings. The first kappa shape index (κ1) is 13.9. The molecule has 5 heteroatoms. The van der Waals surface area contributed by atoms with Crippen molar-refractivity contribution in [2.24, 2.45) is 11.8 Å². The molecule has 102 valence electrons. The first-order valence-electron chi connectivity index (χ1n) is 6.25. The quantitative estimate of drug-likeness (QED) is 0.872. The van der Waals surface area contributed by atoms with E-state index in [9.17, 15) is 9.59 Å². The van der Waals surface area contributed by atoms with E-state index in [0.717, 1.165) is 12.0 Å². The lowest BCUT2D eigenvalue weighted by Gasteiger charge is -2.17. The maximum atomic E-state index is 11.9. The van der Waals surface area contributed by atoms with E-state index in [1.807, 2.05) is 6.92 Å². The third-order valence-electron chi connectivity index (χ3n) is 3.41. The maximum Gasteiger partial charge on any atom is 0.305 e. The van der Waals surface area contributed by atoms with E-state index in [0.29, 0.717) is 10.9 Å². The predicted octanol–water partition coefficient (Wildman–Crippen LogP) is 2.63. The van der Waals surface area contributed by atoms with Gasteiger partial charge in [-0.15, -0.1) is 0 Å². The Morgan fingerprint density at radius 1 is 1.42 bits per heavy atom. The van der Waals surface area contributed by atoms with E-state index >= 15 is 0 Å². The van der Waals surface area contributed by atoms with Gasteiger partial charge in [0.2, 0.25) is 5.91 Å². The van der Waals surface area contributed by atoms with E-state index < -0.39 is 12.0 Å². The molecule has 0 spiro atoms. The molecule has 1 amide bonds. The number of rotatable bonds is 5. The molecule has 1 aliphatic rings. The monoisotopic (exact) mass is 281 g/mol. The molecule has 2 rings (SSSR count). The number of aliphatic carboxylic acids is 1. The van der Waals surface area contributed by atoms with Gasteiger partial charge >= 0.3 is 5.97 Å². The summed E-state index contributed by atoms with van der Waals surface area (Å²) < 4.78 is 0. The van der Waals surface area contributed by atoms with E-state index in [1.165, 1.54) is 0 Å². The highest BCUT2D eigenvalue weighted by Gasteiger charge is 2.39. The highest BCUT2D eigenvalue weighted by atomic mass is 35.5. The molecule has 3 atom stereocenters. The molecular formula is C14H16ClNO3. The zero-order valence-electron chi connectivity index (χ0n) is 10.6. The number of carboxylic acid groups (broad SMARTS) is 1. The molecule has 0 bridgehead atoms. The maximum absolute atomic E-state index is 11.9. The van der Waals surface area contributed by atoms with Crippen molar-refractivity contribution in [3.63, 3.8) is 0 Å². The van der Waals surface area contributed by atoms with Crippen molar-refractivity contribution in [1.82, 2.24) is 5.32 Å². The van der Waals surface area contributed by atoms with Crippen molar-refractivity contribution >= 4 is 23.5 Å². The van der Waals surface area contributed by atoms with Crippen LogP contribution in [0.1, 0.15) is 31.4 Å². The molecule has 1 saturated carbocycles. The van der Waals surface area contributed by atoms with Gasteiger partial charge in [-0.1, -0.05) is 30.7 Å². The SMILES string of the molecule is C[C@@H]1C[C@H]1C(=O)N[C@@H](CC(=O)O)c1ccc(Cl)cc1. The van der Waals surface area contributed by atoms with Gasteiger partial charge in [-0.2, -0.15) is 0 Å². The van der Waals surface area contributed by atoms with Crippen LogP contribution in [-0.4, -0.2) is 17.0 Å². The number of nitrogens with one attached hydrogen (secondary N) is 1. The van der Waals surface area contributed by atoms with E-state index in [4.69, 9.17) is 16.7 Å². The van der Waals surface area contributed by atoms with Crippen LogP contribution in [-0.2, 0) is 9.59 Å². The zero-order chi connectivity index (χ0) is 14.0. The van der Waals surface area contributed by atoms with Crippen LogP contribution < -0.4 is 5.32 Å². The Bertz CT molecular complexity index is 486. The van der Waals surface area contributed by atoms with Crippen LogP contribution in [0.5, 0.6) is 0 Å². The summed E-state index contributed by atoms with van der Waals surface area (Å²) in [5.74, 6) is -0.572. The molecule has 1 aliphatic carbocycles. The Kier molecular flexibility index (Phi) is 4.10. The number of hydrogen-bond donors (Lipinski definition) is 2. The second-order valence-electron chi connectivity index (χ2n) is 5.03. The second kappa shape index (κ2) is 5.61. The smallest absolute Gasteiger partial charge is 0.305 e. The topological polar surface area (TPSA) is 66.4 Å². The molecular weight excluding hydrogens is 266 g/mol. The lowest BCUT2D eigenvalue weighted by molar-refractivity contribution is -0.137. The van der Waals surface area contributed by atoms with Crippen LogP contribution in [0.3, 0.4) is 0 Å². The van der Waals surface area contributed by atoms with E-state index in [-0.39, 0.29) is 18.2 Å². The Morgan fingerprint density at radius 2 is 2.00 bits per heavy atom. The Morgan fingerprint density at radius 3 is 2.47 bits per heavy atom. The summed E-state index contributed by atoms with van der Waals surface area (Å²) in [6.07, 6.45) is 0.751. The number of benzene rings is 1. The number of carbonyl (C=O) groups excluding carboxylic acids is 1. The highest BCUT2D eigenvalue weighted by molar-refractivity contribution is 6.30. The van der Waals surface area contributed by atoms with Crippen LogP contribution in [0.15, 0.2) is 24.3 Å². The molecule has 0 unspecified atom stereocenters. The molecule has 0 aliphatic heterocycles. The molecule has 4 nitrogen and oxygen atoms in total. The fourth-order valence-electron chi connectivity index (χ4n) is 2.09. The first-order chi connectivity index (χ1) is 8.97. The van der Waals surface area contributed by atoms with Gasteiger partial charge < -0.3 is 10.4 Å². The fourth-order valence-corrected chi connectivity index (χ4v) is 2.21. The minimum atomic E-state index is -0.941. The standard InChI is InChI=1S/C14H16ClNO3/c1-8-6-11(8)14(19)16-12(7-13(17)18)9-2-4-10(15)5-3-9/h2-5,8,11-12H,6-7H2,1H3,(H,16,19)(H,17,18)/t8-,11-,12+/m1/s1. The molecule has 1 aromatic rings. The third-order valence-corrected chi connectivity index (χ3v) is 3.67. The summed E-state index contributed by atoms with van der Waals surface area (Å²) >= 11 is 5.80. The van der Waals surface area contributed by atoms with Gasteiger partial charge in [-0.25, -0.2) is 0 Å². The van der Waals surface area contributed by atoms with Crippen molar-refractivity contribution in [2.75, 3.05) is 0 Å². The van der Waals surface area contributed by atoms with Crippen molar-refractivity contribution in [2.45, 2.75) is 25.8 Å². The Balaban J connectivity index is 2.09. The Hall–Kier alpha value is -1.55. The summed E-state index contributed by atoms with van der Waals surface area (Å²) in [6.45, 7) is 2.01. The van der Waals surface area contributed by atoms with Gasteiger partial charge in [0.05, 0.1) is 12.5 Å². The molecule has 0 saturated heterocycles. The van der Waals surface area contributed by atoms with Crippen LogP contribution in [0, 0.1) is 11.8 Å². The van der Waals surface area contributed by atoms with Gasteiger partial charge in [0, 0.05) is 10.9 Å². The summed E-state index contributed by atoms with van der Waals surface area (Å²) in [7, 11) is 0. The normalized spacial score (nSPS) is 22.6. The average molecular weight is 282 g/mol. The fraction of sp³-hybridized carbons (Fsp3) is 0.429. The number of amides is 1. The van der Waals surface area contributed by atoms with Gasteiger partial charge in [-0.3, -0.25) is 9.59 Å². The molecule has 2 N–H and O–H groups in total. The van der Waals surface area contributed by atoms with Crippen LogP contribution in [0.4, 0.5) is 0 Å². The van der Waals surface area contributed by atoms with Gasteiger partial charge in [0.25, 0.3) is 0 Å². The van der Waals surface area contributed by atoms with Crippen LogP contribution in [0.25, 0.3) is 0 Å². The van der Waals surface area contributed by atoms with Gasteiger partial charge in [0.1, 0.15) is 0 Å². The predicted molar refractivity (Wildman–Crippen MR) is 71.9 cm³/mol. The largest absolute Gasteiger partial charge is 0.481 e. The molecule has 1 aromatic carbocycles. The van der Waals surface area contributed by atoms with Crippen molar-refractivity contribution in [1.29, 1.82) is 0 Å². The van der Waals surface area contributed by atoms with Gasteiger partial charge in [0.15, 0.2) is 0 Å². The van der Waals surface area contributed by atoms with Crippen molar-refractivity contribution in [3.05, 3.63) is 34.9 Å². The summed E-state index contributed by atoms with van der Waals surface area (Å²) in [5.41, 5.74) is 0.758. The van der Waals surface area contributed by atoms with E-state index in [2.05, 4.69) is 5.32 Å². The highest BCUT2D eigenvalue weighted by Crippen LogP contribution is 2.38. The minimum absolute atomic E-state index is 0.0311. The third kappa shape index (κ3) is 3.70. The van der Waals surface area contributed by atoms with Crippen molar-refractivity contribution < 1.29 is 14.7 Å². The lowest BCUT2D eigenvalue weighted by Crippen LogP contribution is -2.31.